The number of hydrogen-bond donors (Lipinski definition) is 1. The van der Waals surface area contributed by atoms with Crippen LogP contribution in [-0.2, 0) is 18.0 Å². The molecule has 0 saturated carbocycles. The molecule has 0 radical (unpaired) electrons. The molecule has 1 unspecified atom stereocenters. The first kappa shape index (κ1) is 15.6. The highest BCUT2D eigenvalue weighted by molar-refractivity contribution is 5.48. The molecule has 24 heavy (non-hydrogen) atoms. The van der Waals surface area contributed by atoms with Crippen molar-refractivity contribution in [3.63, 3.8) is 0 Å². The largest absolute Gasteiger partial charge is 0.506 e. The second-order valence-corrected chi connectivity index (χ2v) is 6.79. The third kappa shape index (κ3) is 2.70. The van der Waals surface area contributed by atoms with Crippen LogP contribution in [0.15, 0.2) is 30.3 Å². The number of piperidine rings is 1. The maximum Gasteiger partial charge on any atom is 0.142 e. The van der Waals surface area contributed by atoms with Gasteiger partial charge in [0.05, 0.1) is 30.6 Å². The Labute approximate surface area is 143 Å². The van der Waals surface area contributed by atoms with Crippen molar-refractivity contribution in [2.24, 2.45) is 0 Å². The monoisotopic (exact) mass is 324 g/mol. The fourth-order valence-corrected chi connectivity index (χ4v) is 3.97. The highest BCUT2D eigenvalue weighted by Crippen LogP contribution is 2.39. The second kappa shape index (κ2) is 6.54. The van der Waals surface area contributed by atoms with Crippen LogP contribution in [0.3, 0.4) is 0 Å². The number of nitrogens with zero attached hydrogens (tertiary/aromatic N) is 2. The lowest BCUT2D eigenvalue weighted by molar-refractivity contribution is 0.131. The molecule has 2 aliphatic heterocycles. The average Bonchev–Trinajstić information content (AvgIpc) is 3.11. The van der Waals surface area contributed by atoms with Crippen LogP contribution < -0.4 is 0 Å². The molecule has 4 nitrogen and oxygen atoms in total. The van der Waals surface area contributed by atoms with Crippen molar-refractivity contribution in [3.8, 4) is 5.75 Å². The molecular formula is C20H24N2O2. The number of ether oxygens (including phenoxy) is 1. The maximum absolute atomic E-state index is 10.3. The molecule has 3 heterocycles. The Morgan fingerprint density at radius 3 is 2.50 bits per heavy atom. The summed E-state index contributed by atoms with van der Waals surface area (Å²) in [4.78, 5) is 7.36. The minimum absolute atomic E-state index is 0.140. The minimum Gasteiger partial charge on any atom is -0.506 e. The van der Waals surface area contributed by atoms with Crippen LogP contribution in [-0.4, -0.2) is 28.1 Å². The van der Waals surface area contributed by atoms with Crippen LogP contribution in [0.2, 0.25) is 0 Å². The van der Waals surface area contributed by atoms with Crippen molar-refractivity contribution in [1.82, 2.24) is 9.88 Å². The Kier molecular flexibility index (Phi) is 4.25. The summed E-state index contributed by atoms with van der Waals surface area (Å²) >= 11 is 0. The summed E-state index contributed by atoms with van der Waals surface area (Å²) in [6, 6.07) is 10.8. The van der Waals surface area contributed by atoms with Crippen LogP contribution >= 0.6 is 0 Å². The highest BCUT2D eigenvalue weighted by atomic mass is 16.5. The van der Waals surface area contributed by atoms with E-state index in [0.29, 0.717) is 24.7 Å². The summed E-state index contributed by atoms with van der Waals surface area (Å²) in [5.74, 6) is 0.303. The van der Waals surface area contributed by atoms with E-state index in [1.807, 2.05) is 6.92 Å². The number of rotatable bonds is 3. The van der Waals surface area contributed by atoms with Crippen LogP contribution in [0, 0.1) is 6.92 Å². The molecule has 1 atom stereocenters. The number of fused-ring (bicyclic) bond motifs is 1. The van der Waals surface area contributed by atoms with E-state index < -0.39 is 0 Å². The van der Waals surface area contributed by atoms with Crippen LogP contribution in [0.4, 0.5) is 0 Å². The van der Waals surface area contributed by atoms with Crippen molar-refractivity contribution in [2.45, 2.75) is 45.4 Å². The normalized spacial score (nSPS) is 19.2. The molecule has 4 rings (SSSR count). The lowest BCUT2D eigenvalue weighted by Gasteiger charge is -2.35. The molecule has 0 amide bonds. The number of hydrogen-bond acceptors (Lipinski definition) is 4. The Morgan fingerprint density at radius 1 is 1.04 bits per heavy atom. The van der Waals surface area contributed by atoms with Gasteiger partial charge in [0.1, 0.15) is 5.75 Å². The summed E-state index contributed by atoms with van der Waals surface area (Å²) in [6.07, 6.45) is 3.78. The van der Waals surface area contributed by atoms with Crippen molar-refractivity contribution >= 4 is 0 Å². The quantitative estimate of drug-likeness (QED) is 0.935. The van der Waals surface area contributed by atoms with E-state index in [1.165, 1.54) is 24.8 Å². The van der Waals surface area contributed by atoms with E-state index in [4.69, 9.17) is 9.72 Å². The average molecular weight is 324 g/mol. The fraction of sp³-hybridized carbons (Fsp3) is 0.450. The molecule has 1 N–H and O–H groups in total. The van der Waals surface area contributed by atoms with Gasteiger partial charge < -0.3 is 9.84 Å². The van der Waals surface area contributed by atoms with Gasteiger partial charge in [0.2, 0.25) is 0 Å². The van der Waals surface area contributed by atoms with Gasteiger partial charge in [-0.05, 0) is 38.4 Å². The molecule has 1 fully saturated rings. The van der Waals surface area contributed by atoms with Crippen LogP contribution in [0.25, 0.3) is 0 Å². The van der Waals surface area contributed by atoms with Crippen molar-refractivity contribution in [1.29, 1.82) is 0 Å². The molecule has 2 aliphatic rings. The number of aryl methyl sites for hydroxylation is 1. The van der Waals surface area contributed by atoms with Crippen LogP contribution in [0.1, 0.15) is 53.4 Å². The van der Waals surface area contributed by atoms with Gasteiger partial charge in [-0.15, -0.1) is 0 Å². The lowest BCUT2D eigenvalue weighted by Crippen LogP contribution is -2.35. The first-order valence-corrected chi connectivity index (χ1v) is 8.83. The summed E-state index contributed by atoms with van der Waals surface area (Å²) in [5.41, 5.74) is 5.04. The number of likely N-dealkylation sites (tertiary alicyclic amines) is 1. The Morgan fingerprint density at radius 2 is 1.75 bits per heavy atom. The van der Waals surface area contributed by atoms with Gasteiger partial charge >= 0.3 is 0 Å². The molecule has 1 aromatic heterocycles. The van der Waals surface area contributed by atoms with Gasteiger partial charge in [-0.3, -0.25) is 9.88 Å². The topological polar surface area (TPSA) is 45.6 Å². The molecule has 1 saturated heterocycles. The summed E-state index contributed by atoms with van der Waals surface area (Å²) in [5, 5.41) is 10.3. The second-order valence-electron chi connectivity index (χ2n) is 6.79. The summed E-state index contributed by atoms with van der Waals surface area (Å²) < 4.78 is 5.65. The highest BCUT2D eigenvalue weighted by Gasteiger charge is 2.31. The smallest absolute Gasteiger partial charge is 0.142 e. The molecule has 4 heteroatoms. The van der Waals surface area contributed by atoms with E-state index in [0.717, 1.165) is 29.9 Å². The van der Waals surface area contributed by atoms with Gasteiger partial charge in [-0.2, -0.15) is 0 Å². The number of aromatic nitrogens is 1. The number of pyridine rings is 1. The standard InChI is InChI=1S/C20H24N2O2/c1-14-20(23)17-13-24-12-16(17)18(21-14)19(15-8-4-2-5-9-15)22-10-6-3-7-11-22/h2,4-5,8-9,19,23H,3,6-7,10-13H2,1H3. The van der Waals surface area contributed by atoms with Gasteiger partial charge in [-0.1, -0.05) is 36.8 Å². The summed E-state index contributed by atoms with van der Waals surface area (Å²) in [6.45, 7) is 5.10. The van der Waals surface area contributed by atoms with E-state index in [9.17, 15) is 5.11 Å². The first-order valence-electron chi connectivity index (χ1n) is 8.83. The zero-order valence-corrected chi connectivity index (χ0v) is 14.2. The fourth-order valence-electron chi connectivity index (χ4n) is 3.97. The molecule has 2 aromatic rings. The predicted molar refractivity (Wildman–Crippen MR) is 92.8 cm³/mol. The third-order valence-electron chi connectivity index (χ3n) is 5.21. The molecule has 1 aromatic carbocycles. The molecule has 0 bridgehead atoms. The Balaban J connectivity index is 1.85. The maximum atomic E-state index is 10.3. The van der Waals surface area contributed by atoms with Crippen molar-refractivity contribution < 1.29 is 9.84 Å². The number of benzene rings is 1. The molecule has 0 aliphatic carbocycles. The molecule has 0 spiro atoms. The number of aromatic hydroxyl groups is 1. The third-order valence-corrected chi connectivity index (χ3v) is 5.21. The van der Waals surface area contributed by atoms with Crippen molar-refractivity contribution in [2.75, 3.05) is 13.1 Å². The zero-order chi connectivity index (χ0) is 16.5. The van der Waals surface area contributed by atoms with Gasteiger partial charge in [0.15, 0.2) is 0 Å². The molecule has 126 valence electrons. The van der Waals surface area contributed by atoms with Gasteiger partial charge in [-0.25, -0.2) is 0 Å². The van der Waals surface area contributed by atoms with Crippen LogP contribution in [0.5, 0.6) is 5.75 Å². The van der Waals surface area contributed by atoms with E-state index in [-0.39, 0.29) is 6.04 Å². The zero-order valence-electron chi connectivity index (χ0n) is 14.2. The SMILES string of the molecule is Cc1nc(C(c2ccccc2)N2CCCCC2)c2c(c1O)COC2. The molecular weight excluding hydrogens is 300 g/mol. The minimum atomic E-state index is 0.140. The van der Waals surface area contributed by atoms with Crippen molar-refractivity contribution in [3.05, 3.63) is 58.4 Å². The van der Waals surface area contributed by atoms with E-state index in [2.05, 4.69) is 35.2 Å². The van der Waals surface area contributed by atoms with E-state index >= 15 is 0 Å². The van der Waals surface area contributed by atoms with Gasteiger partial charge in [0.25, 0.3) is 0 Å². The predicted octanol–water partition coefficient (Wildman–Crippen LogP) is 3.70. The lowest BCUT2D eigenvalue weighted by atomic mass is 9.93. The van der Waals surface area contributed by atoms with E-state index in [1.54, 1.807) is 0 Å². The van der Waals surface area contributed by atoms with Gasteiger partial charge in [0, 0.05) is 11.1 Å². The first-order chi connectivity index (χ1) is 11.8. The summed E-state index contributed by atoms with van der Waals surface area (Å²) in [7, 11) is 0. The Hall–Kier alpha value is -1.91. The Bertz CT molecular complexity index is 724.